The Labute approximate surface area is 106 Å². The van der Waals surface area contributed by atoms with Gasteiger partial charge < -0.3 is 15.2 Å². The lowest BCUT2D eigenvalue weighted by atomic mass is 10.1. The van der Waals surface area contributed by atoms with Crippen molar-refractivity contribution in [3.63, 3.8) is 0 Å². The third-order valence-electron chi connectivity index (χ3n) is 2.19. The molecule has 0 bridgehead atoms. The Bertz CT molecular complexity index is 371. The van der Waals surface area contributed by atoms with Crippen LogP contribution in [0, 0.1) is 0 Å². The number of hydrogen-bond acceptors (Lipinski definition) is 3. The summed E-state index contributed by atoms with van der Waals surface area (Å²) in [5.74, 6) is -0.252. The van der Waals surface area contributed by atoms with Crippen LogP contribution < -0.4 is 5.32 Å². The van der Waals surface area contributed by atoms with Crippen molar-refractivity contribution in [1.82, 2.24) is 5.32 Å². The van der Waals surface area contributed by atoms with Crippen LogP contribution in [0.4, 0.5) is 0 Å². The van der Waals surface area contributed by atoms with Crippen LogP contribution in [0.1, 0.15) is 18.6 Å². The van der Waals surface area contributed by atoms with Crippen LogP contribution >= 0.6 is 11.6 Å². The quantitative estimate of drug-likeness (QED) is 0.813. The normalized spacial score (nSPS) is 12.2. The second kappa shape index (κ2) is 7.27. The van der Waals surface area contributed by atoms with Gasteiger partial charge in [0, 0.05) is 23.7 Å². The average molecular weight is 258 g/mol. The van der Waals surface area contributed by atoms with E-state index in [0.29, 0.717) is 17.2 Å². The first-order chi connectivity index (χ1) is 8.15. The molecule has 1 aromatic carbocycles. The van der Waals surface area contributed by atoms with Crippen molar-refractivity contribution >= 4 is 17.5 Å². The first kappa shape index (κ1) is 14.0. The molecule has 0 aliphatic carbocycles. The van der Waals surface area contributed by atoms with Crippen molar-refractivity contribution in [1.29, 1.82) is 0 Å². The lowest BCUT2D eigenvalue weighted by molar-refractivity contribution is -0.126. The molecule has 0 spiro atoms. The highest BCUT2D eigenvalue weighted by Gasteiger charge is 2.12. The van der Waals surface area contributed by atoms with Gasteiger partial charge in [-0.2, -0.15) is 0 Å². The number of carbonyl (C=O) groups excluding carboxylic acids is 1. The largest absolute Gasteiger partial charge is 0.387 e. The molecule has 17 heavy (non-hydrogen) atoms. The van der Waals surface area contributed by atoms with Crippen LogP contribution in [0.3, 0.4) is 0 Å². The van der Waals surface area contributed by atoms with Crippen molar-refractivity contribution in [3.8, 4) is 0 Å². The van der Waals surface area contributed by atoms with E-state index >= 15 is 0 Å². The van der Waals surface area contributed by atoms with Crippen LogP contribution in [-0.4, -0.2) is 30.8 Å². The topological polar surface area (TPSA) is 58.6 Å². The van der Waals surface area contributed by atoms with Gasteiger partial charge in [-0.1, -0.05) is 29.8 Å². The van der Waals surface area contributed by atoms with Crippen molar-refractivity contribution in [2.45, 2.75) is 13.0 Å². The summed E-state index contributed by atoms with van der Waals surface area (Å²) in [7, 11) is 0. The lowest BCUT2D eigenvalue weighted by Gasteiger charge is -2.13. The van der Waals surface area contributed by atoms with Crippen LogP contribution in [-0.2, 0) is 9.53 Å². The number of ether oxygens (including phenoxy) is 1. The van der Waals surface area contributed by atoms with E-state index in [4.69, 9.17) is 16.3 Å². The molecule has 94 valence electrons. The van der Waals surface area contributed by atoms with Gasteiger partial charge in [-0.15, -0.1) is 0 Å². The zero-order valence-corrected chi connectivity index (χ0v) is 10.4. The summed E-state index contributed by atoms with van der Waals surface area (Å²) in [6.07, 6.45) is -0.811. The number of hydrogen-bond donors (Lipinski definition) is 2. The van der Waals surface area contributed by atoms with Gasteiger partial charge in [0.15, 0.2) is 0 Å². The summed E-state index contributed by atoms with van der Waals surface area (Å²) in [5, 5.41) is 12.9. The molecule has 0 heterocycles. The SMILES string of the molecule is CCOCC(=O)NCC(O)c1ccccc1Cl. The third kappa shape index (κ3) is 4.73. The summed E-state index contributed by atoms with van der Waals surface area (Å²) < 4.78 is 4.94. The fraction of sp³-hybridized carbons (Fsp3) is 0.417. The minimum absolute atomic E-state index is 0.00570. The van der Waals surface area contributed by atoms with E-state index in [9.17, 15) is 9.90 Å². The van der Waals surface area contributed by atoms with Gasteiger partial charge in [-0.25, -0.2) is 0 Å². The first-order valence-electron chi connectivity index (χ1n) is 5.42. The van der Waals surface area contributed by atoms with E-state index in [-0.39, 0.29) is 19.1 Å². The molecule has 1 amide bonds. The molecule has 0 aliphatic heterocycles. The highest BCUT2D eigenvalue weighted by atomic mass is 35.5. The number of halogens is 1. The maximum absolute atomic E-state index is 11.2. The Morgan fingerprint density at radius 2 is 2.24 bits per heavy atom. The molecule has 1 rings (SSSR count). The molecule has 1 atom stereocenters. The molecule has 0 aromatic heterocycles. The maximum atomic E-state index is 11.2. The molecule has 5 heteroatoms. The van der Waals surface area contributed by atoms with Crippen molar-refractivity contribution in [3.05, 3.63) is 34.9 Å². The molecule has 0 fully saturated rings. The summed E-state index contributed by atoms with van der Waals surface area (Å²) in [4.78, 5) is 11.2. The summed E-state index contributed by atoms with van der Waals surface area (Å²) >= 11 is 5.92. The Morgan fingerprint density at radius 3 is 2.88 bits per heavy atom. The molecule has 1 aromatic rings. The van der Waals surface area contributed by atoms with Crippen LogP contribution in [0.5, 0.6) is 0 Å². The first-order valence-corrected chi connectivity index (χ1v) is 5.80. The molecular formula is C12H16ClNO3. The Balaban J connectivity index is 2.42. The number of nitrogens with one attached hydrogen (secondary N) is 1. The van der Waals surface area contributed by atoms with Crippen LogP contribution in [0.25, 0.3) is 0 Å². The lowest BCUT2D eigenvalue weighted by Crippen LogP contribution is -2.31. The molecule has 0 saturated heterocycles. The predicted molar refractivity (Wildman–Crippen MR) is 65.9 cm³/mol. The zero-order chi connectivity index (χ0) is 12.7. The Hall–Kier alpha value is -1.10. The molecule has 2 N–H and O–H groups in total. The fourth-order valence-corrected chi connectivity index (χ4v) is 1.57. The summed E-state index contributed by atoms with van der Waals surface area (Å²) in [6, 6.07) is 6.99. The number of rotatable bonds is 6. The monoisotopic (exact) mass is 257 g/mol. The van der Waals surface area contributed by atoms with Crippen molar-refractivity contribution < 1.29 is 14.6 Å². The molecular weight excluding hydrogens is 242 g/mol. The Kier molecular flexibility index (Phi) is 5.97. The number of aliphatic hydroxyl groups excluding tert-OH is 1. The summed E-state index contributed by atoms with van der Waals surface area (Å²) in [5.41, 5.74) is 0.603. The van der Waals surface area contributed by atoms with Gasteiger partial charge in [0.2, 0.25) is 5.91 Å². The molecule has 4 nitrogen and oxygen atoms in total. The van der Waals surface area contributed by atoms with Gasteiger partial charge >= 0.3 is 0 Å². The number of aliphatic hydroxyl groups is 1. The van der Waals surface area contributed by atoms with E-state index in [1.807, 2.05) is 6.92 Å². The minimum atomic E-state index is -0.811. The van der Waals surface area contributed by atoms with E-state index in [0.717, 1.165) is 0 Å². The Morgan fingerprint density at radius 1 is 1.53 bits per heavy atom. The van der Waals surface area contributed by atoms with Crippen molar-refractivity contribution in [2.24, 2.45) is 0 Å². The maximum Gasteiger partial charge on any atom is 0.246 e. The van der Waals surface area contributed by atoms with E-state index in [1.54, 1.807) is 24.3 Å². The van der Waals surface area contributed by atoms with E-state index in [2.05, 4.69) is 5.32 Å². The highest BCUT2D eigenvalue weighted by Crippen LogP contribution is 2.21. The minimum Gasteiger partial charge on any atom is -0.387 e. The molecule has 0 aliphatic rings. The smallest absolute Gasteiger partial charge is 0.246 e. The number of benzene rings is 1. The van der Waals surface area contributed by atoms with Gasteiger partial charge in [0.1, 0.15) is 6.61 Å². The van der Waals surface area contributed by atoms with E-state index in [1.165, 1.54) is 0 Å². The number of carbonyl (C=O) groups is 1. The average Bonchev–Trinajstić information content (AvgIpc) is 2.34. The molecule has 0 radical (unpaired) electrons. The van der Waals surface area contributed by atoms with Crippen LogP contribution in [0.2, 0.25) is 5.02 Å². The van der Waals surface area contributed by atoms with E-state index < -0.39 is 6.10 Å². The van der Waals surface area contributed by atoms with Crippen LogP contribution in [0.15, 0.2) is 24.3 Å². The standard InChI is InChI=1S/C12H16ClNO3/c1-2-17-8-12(16)14-7-11(15)9-5-3-4-6-10(9)13/h3-6,11,15H,2,7-8H2,1H3,(H,14,16). The van der Waals surface area contributed by atoms with Gasteiger partial charge in [-0.3, -0.25) is 4.79 Å². The second-order valence-corrected chi connectivity index (χ2v) is 3.89. The van der Waals surface area contributed by atoms with Gasteiger partial charge in [-0.05, 0) is 13.0 Å². The predicted octanol–water partition coefficient (Wildman–Crippen LogP) is 1.53. The summed E-state index contributed by atoms with van der Waals surface area (Å²) in [6.45, 7) is 2.42. The molecule has 1 unspecified atom stereocenters. The second-order valence-electron chi connectivity index (χ2n) is 3.48. The third-order valence-corrected chi connectivity index (χ3v) is 2.54. The fourth-order valence-electron chi connectivity index (χ4n) is 1.31. The zero-order valence-electron chi connectivity index (χ0n) is 9.65. The molecule has 0 saturated carbocycles. The van der Waals surface area contributed by atoms with Gasteiger partial charge in [0.05, 0.1) is 6.10 Å². The highest BCUT2D eigenvalue weighted by molar-refractivity contribution is 6.31. The van der Waals surface area contributed by atoms with Crippen molar-refractivity contribution in [2.75, 3.05) is 19.8 Å². The number of amides is 1. The van der Waals surface area contributed by atoms with Gasteiger partial charge in [0.25, 0.3) is 0 Å².